The van der Waals surface area contributed by atoms with Crippen LogP contribution in [0.15, 0.2) is 0 Å². The van der Waals surface area contributed by atoms with Crippen molar-refractivity contribution in [1.29, 1.82) is 0 Å². The van der Waals surface area contributed by atoms with Crippen LogP contribution < -0.4 is 0 Å². The molecular weight excluding hydrogens is 172 g/mol. The smallest absolute Gasteiger partial charge is 0.0684 e. The highest BCUT2D eigenvalue weighted by Crippen LogP contribution is 2.18. The van der Waals surface area contributed by atoms with Gasteiger partial charge in [-0.3, -0.25) is 0 Å². The van der Waals surface area contributed by atoms with E-state index in [1.165, 1.54) is 19.3 Å². The Morgan fingerprint density at radius 2 is 2.00 bits per heavy atom. The molecule has 0 aromatic carbocycles. The average Bonchev–Trinajstić information content (AvgIpc) is 2.00. The SMILES string of the molecule is CC(C)(C)COC1CC#CCCCC1. The third kappa shape index (κ3) is 5.29. The van der Waals surface area contributed by atoms with E-state index >= 15 is 0 Å². The number of hydrogen-bond donors (Lipinski definition) is 0. The van der Waals surface area contributed by atoms with E-state index < -0.39 is 0 Å². The first kappa shape index (κ1) is 11.6. The molecule has 0 aromatic heterocycles. The Morgan fingerprint density at radius 3 is 2.71 bits per heavy atom. The molecule has 0 radical (unpaired) electrons. The Bertz CT molecular complexity index is 214. The summed E-state index contributed by atoms with van der Waals surface area (Å²) >= 11 is 0. The molecule has 0 saturated carbocycles. The zero-order valence-electron chi connectivity index (χ0n) is 9.73. The lowest BCUT2D eigenvalue weighted by molar-refractivity contribution is 0.00578. The Morgan fingerprint density at radius 1 is 1.21 bits per heavy atom. The Labute approximate surface area is 88.2 Å². The van der Waals surface area contributed by atoms with Gasteiger partial charge in [-0.25, -0.2) is 0 Å². The summed E-state index contributed by atoms with van der Waals surface area (Å²) in [6.07, 6.45) is 6.07. The molecule has 1 heteroatoms. The van der Waals surface area contributed by atoms with Gasteiger partial charge in [-0.15, -0.1) is 11.8 Å². The first-order chi connectivity index (χ1) is 6.58. The van der Waals surface area contributed by atoms with E-state index in [9.17, 15) is 0 Å². The topological polar surface area (TPSA) is 9.23 Å². The van der Waals surface area contributed by atoms with E-state index in [-0.39, 0.29) is 5.41 Å². The van der Waals surface area contributed by atoms with Crippen LogP contribution in [0.25, 0.3) is 0 Å². The van der Waals surface area contributed by atoms with Crippen LogP contribution in [0.3, 0.4) is 0 Å². The van der Waals surface area contributed by atoms with Crippen molar-refractivity contribution < 1.29 is 4.74 Å². The molecule has 0 saturated heterocycles. The van der Waals surface area contributed by atoms with Crippen molar-refractivity contribution in [3.8, 4) is 11.8 Å². The van der Waals surface area contributed by atoms with Crippen LogP contribution in [0.2, 0.25) is 0 Å². The van der Waals surface area contributed by atoms with Crippen molar-refractivity contribution >= 4 is 0 Å². The van der Waals surface area contributed by atoms with Gasteiger partial charge in [-0.2, -0.15) is 0 Å². The molecule has 1 aliphatic carbocycles. The van der Waals surface area contributed by atoms with Gasteiger partial charge in [0, 0.05) is 12.8 Å². The van der Waals surface area contributed by atoms with Gasteiger partial charge in [-0.05, 0) is 24.7 Å². The average molecular weight is 194 g/mol. The monoisotopic (exact) mass is 194 g/mol. The van der Waals surface area contributed by atoms with Crippen LogP contribution in [0.1, 0.15) is 52.9 Å². The van der Waals surface area contributed by atoms with Crippen LogP contribution in [-0.2, 0) is 4.74 Å². The molecule has 1 aliphatic rings. The Hall–Kier alpha value is -0.480. The maximum atomic E-state index is 5.88. The lowest BCUT2D eigenvalue weighted by Gasteiger charge is -2.23. The summed E-state index contributed by atoms with van der Waals surface area (Å²) in [5, 5.41) is 0. The minimum atomic E-state index is 0.274. The Balaban J connectivity index is 2.30. The highest BCUT2D eigenvalue weighted by molar-refractivity contribution is 5.01. The van der Waals surface area contributed by atoms with E-state index in [2.05, 4.69) is 32.6 Å². The standard InChI is InChI=1S/C13H22O/c1-13(2,3)11-14-12-9-7-5-4-6-8-10-12/h12H,4-5,7,9-11H2,1-3H3. The van der Waals surface area contributed by atoms with Crippen molar-refractivity contribution in [2.24, 2.45) is 5.41 Å². The second kappa shape index (κ2) is 5.41. The van der Waals surface area contributed by atoms with Crippen LogP contribution >= 0.6 is 0 Å². The fourth-order valence-corrected chi connectivity index (χ4v) is 1.47. The zero-order valence-corrected chi connectivity index (χ0v) is 9.73. The van der Waals surface area contributed by atoms with Gasteiger partial charge < -0.3 is 4.74 Å². The molecule has 0 spiro atoms. The normalized spacial score (nSPS) is 23.2. The van der Waals surface area contributed by atoms with Gasteiger partial charge in [-0.1, -0.05) is 20.8 Å². The van der Waals surface area contributed by atoms with Crippen molar-refractivity contribution in [3.05, 3.63) is 0 Å². The fourth-order valence-electron chi connectivity index (χ4n) is 1.47. The van der Waals surface area contributed by atoms with Gasteiger partial charge >= 0.3 is 0 Å². The van der Waals surface area contributed by atoms with Gasteiger partial charge in [0.2, 0.25) is 0 Å². The molecule has 0 heterocycles. The molecule has 0 fully saturated rings. The highest BCUT2D eigenvalue weighted by atomic mass is 16.5. The molecule has 14 heavy (non-hydrogen) atoms. The largest absolute Gasteiger partial charge is 0.377 e. The number of hydrogen-bond acceptors (Lipinski definition) is 1. The summed E-state index contributed by atoms with van der Waals surface area (Å²) in [6, 6.07) is 0. The van der Waals surface area contributed by atoms with Crippen molar-refractivity contribution in [1.82, 2.24) is 0 Å². The first-order valence-corrected chi connectivity index (χ1v) is 5.65. The summed E-state index contributed by atoms with van der Waals surface area (Å²) in [7, 11) is 0. The summed E-state index contributed by atoms with van der Waals surface area (Å²) in [6.45, 7) is 7.48. The van der Waals surface area contributed by atoms with Crippen LogP contribution in [0, 0.1) is 17.3 Å². The lowest BCUT2D eigenvalue weighted by Crippen LogP contribution is -2.21. The molecule has 0 N–H and O–H groups in total. The third-order valence-electron chi connectivity index (χ3n) is 2.28. The van der Waals surface area contributed by atoms with E-state index in [1.807, 2.05) is 0 Å². The van der Waals surface area contributed by atoms with Crippen molar-refractivity contribution in [2.45, 2.75) is 59.0 Å². The summed E-state index contributed by atoms with van der Waals surface area (Å²) in [5.74, 6) is 6.38. The highest BCUT2D eigenvalue weighted by Gasteiger charge is 2.15. The molecule has 0 amide bonds. The molecule has 1 unspecified atom stereocenters. The fraction of sp³-hybridized carbons (Fsp3) is 0.846. The summed E-state index contributed by atoms with van der Waals surface area (Å²) in [4.78, 5) is 0. The van der Waals surface area contributed by atoms with Gasteiger partial charge in [0.1, 0.15) is 0 Å². The van der Waals surface area contributed by atoms with E-state index in [1.54, 1.807) is 0 Å². The minimum absolute atomic E-state index is 0.274. The van der Waals surface area contributed by atoms with Crippen LogP contribution in [-0.4, -0.2) is 12.7 Å². The number of rotatable bonds is 2. The second-order valence-electron chi connectivity index (χ2n) is 5.30. The molecule has 0 aliphatic heterocycles. The maximum absolute atomic E-state index is 5.88. The molecule has 1 rings (SSSR count). The van der Waals surface area contributed by atoms with Crippen LogP contribution in [0.5, 0.6) is 0 Å². The first-order valence-electron chi connectivity index (χ1n) is 5.65. The lowest BCUT2D eigenvalue weighted by atomic mass is 9.98. The summed E-state index contributed by atoms with van der Waals surface area (Å²) in [5.41, 5.74) is 0.274. The molecule has 0 bridgehead atoms. The van der Waals surface area contributed by atoms with Gasteiger partial charge in [0.05, 0.1) is 12.7 Å². The quantitative estimate of drug-likeness (QED) is 0.612. The van der Waals surface area contributed by atoms with E-state index in [4.69, 9.17) is 4.74 Å². The second-order valence-corrected chi connectivity index (χ2v) is 5.30. The Kier molecular flexibility index (Phi) is 4.48. The van der Waals surface area contributed by atoms with Crippen LogP contribution in [0.4, 0.5) is 0 Å². The minimum Gasteiger partial charge on any atom is -0.377 e. The maximum Gasteiger partial charge on any atom is 0.0684 e. The molecule has 80 valence electrons. The van der Waals surface area contributed by atoms with Crippen molar-refractivity contribution in [3.63, 3.8) is 0 Å². The van der Waals surface area contributed by atoms with Gasteiger partial charge in [0.25, 0.3) is 0 Å². The molecule has 1 nitrogen and oxygen atoms in total. The van der Waals surface area contributed by atoms with E-state index in [0.29, 0.717) is 6.10 Å². The van der Waals surface area contributed by atoms with Crippen molar-refractivity contribution in [2.75, 3.05) is 6.61 Å². The van der Waals surface area contributed by atoms with E-state index in [0.717, 1.165) is 19.4 Å². The zero-order chi connectivity index (χ0) is 10.4. The predicted octanol–water partition coefficient (Wildman–Crippen LogP) is 3.39. The molecule has 0 aromatic rings. The summed E-state index contributed by atoms with van der Waals surface area (Å²) < 4.78 is 5.88. The third-order valence-corrected chi connectivity index (χ3v) is 2.28. The number of ether oxygens (including phenoxy) is 1. The van der Waals surface area contributed by atoms with Gasteiger partial charge in [0.15, 0.2) is 0 Å². The molecule has 1 atom stereocenters. The molecular formula is C13H22O. The predicted molar refractivity (Wildman–Crippen MR) is 60.1 cm³/mol.